The van der Waals surface area contributed by atoms with Crippen LogP contribution in [0.15, 0.2) is 53.6 Å². The highest BCUT2D eigenvalue weighted by Gasteiger charge is 2.13. The van der Waals surface area contributed by atoms with Gasteiger partial charge >= 0.3 is 0 Å². The summed E-state index contributed by atoms with van der Waals surface area (Å²) in [5.41, 5.74) is 3.56. The molecule has 3 heterocycles. The quantitative estimate of drug-likeness (QED) is 0.724. The summed E-state index contributed by atoms with van der Waals surface area (Å²) < 4.78 is 1.59. The number of hydrogen-bond donors (Lipinski definition) is 0. The average Bonchev–Trinajstić information content (AvgIpc) is 2.57. The van der Waals surface area contributed by atoms with Gasteiger partial charge in [0.05, 0.1) is 5.69 Å². The van der Waals surface area contributed by atoms with Crippen molar-refractivity contribution in [2.45, 2.75) is 32.9 Å². The fourth-order valence-corrected chi connectivity index (χ4v) is 2.78. The molecule has 3 aromatic rings. The summed E-state index contributed by atoms with van der Waals surface area (Å²) in [6.45, 7) is 4.76. The standard InChI is InChI=1S/C19H22N4O/c1-14-7-6-10-23-18(24)12-17(21-19(14)23)13-22(3)15(2)11-16-8-4-5-9-20-16/h4-10,12,15H,11,13H2,1-3H3/t15-/m0/s1. The zero-order valence-corrected chi connectivity index (χ0v) is 14.3. The maximum absolute atomic E-state index is 12.3. The number of nitrogens with zero attached hydrogens (tertiary/aromatic N) is 4. The van der Waals surface area contributed by atoms with Gasteiger partial charge in [-0.05, 0) is 44.7 Å². The van der Waals surface area contributed by atoms with Gasteiger partial charge in [0.25, 0.3) is 5.56 Å². The van der Waals surface area contributed by atoms with Crippen molar-refractivity contribution in [1.29, 1.82) is 0 Å². The number of hydrogen-bond acceptors (Lipinski definition) is 4. The predicted molar refractivity (Wildman–Crippen MR) is 95.1 cm³/mol. The summed E-state index contributed by atoms with van der Waals surface area (Å²) >= 11 is 0. The SMILES string of the molecule is Cc1cccn2c(=O)cc(CN(C)[C@@H](C)Cc3ccccn3)nc12. The minimum Gasteiger partial charge on any atom is -0.297 e. The minimum absolute atomic E-state index is 0.0375. The van der Waals surface area contributed by atoms with Gasteiger partial charge in [0, 0.05) is 43.2 Å². The van der Waals surface area contributed by atoms with Gasteiger partial charge in [-0.15, -0.1) is 0 Å². The lowest BCUT2D eigenvalue weighted by molar-refractivity contribution is 0.244. The topological polar surface area (TPSA) is 50.5 Å². The molecule has 5 nitrogen and oxygen atoms in total. The Hall–Kier alpha value is -2.53. The van der Waals surface area contributed by atoms with Gasteiger partial charge in [-0.25, -0.2) is 4.98 Å². The van der Waals surface area contributed by atoms with Gasteiger partial charge in [-0.3, -0.25) is 19.1 Å². The molecule has 0 amide bonds. The van der Waals surface area contributed by atoms with E-state index in [1.807, 2.05) is 43.5 Å². The minimum atomic E-state index is -0.0375. The van der Waals surface area contributed by atoms with E-state index in [4.69, 9.17) is 0 Å². The number of pyridine rings is 2. The van der Waals surface area contributed by atoms with E-state index < -0.39 is 0 Å². The molecular formula is C19H22N4O. The summed E-state index contributed by atoms with van der Waals surface area (Å²) in [5, 5.41) is 0. The van der Waals surface area contributed by atoms with E-state index in [1.165, 1.54) is 0 Å². The second-order valence-corrected chi connectivity index (χ2v) is 6.26. The lowest BCUT2D eigenvalue weighted by Crippen LogP contribution is -2.31. The molecule has 0 saturated heterocycles. The maximum atomic E-state index is 12.3. The molecule has 24 heavy (non-hydrogen) atoms. The highest BCUT2D eigenvalue weighted by atomic mass is 16.1. The molecule has 0 saturated carbocycles. The van der Waals surface area contributed by atoms with Crippen LogP contribution in [0.25, 0.3) is 5.65 Å². The first-order valence-corrected chi connectivity index (χ1v) is 8.12. The fourth-order valence-electron chi connectivity index (χ4n) is 2.78. The third kappa shape index (κ3) is 3.51. The van der Waals surface area contributed by atoms with E-state index in [2.05, 4.69) is 28.8 Å². The maximum Gasteiger partial charge on any atom is 0.258 e. The van der Waals surface area contributed by atoms with E-state index >= 15 is 0 Å². The van der Waals surface area contributed by atoms with Crippen molar-refractivity contribution >= 4 is 5.65 Å². The van der Waals surface area contributed by atoms with Crippen LogP contribution in [0.4, 0.5) is 0 Å². The van der Waals surface area contributed by atoms with Crippen LogP contribution in [0, 0.1) is 6.92 Å². The number of aromatic nitrogens is 3. The molecule has 0 aliphatic rings. The molecular weight excluding hydrogens is 300 g/mol. The van der Waals surface area contributed by atoms with Gasteiger partial charge in [0.2, 0.25) is 0 Å². The van der Waals surface area contributed by atoms with Gasteiger partial charge in [0.1, 0.15) is 5.65 Å². The number of aryl methyl sites for hydroxylation is 1. The third-order valence-corrected chi connectivity index (χ3v) is 4.33. The third-order valence-electron chi connectivity index (χ3n) is 4.33. The second-order valence-electron chi connectivity index (χ2n) is 6.26. The number of likely N-dealkylation sites (N-methyl/N-ethyl adjacent to an activating group) is 1. The average molecular weight is 322 g/mol. The van der Waals surface area contributed by atoms with Gasteiger partial charge < -0.3 is 0 Å². The van der Waals surface area contributed by atoms with Crippen LogP contribution in [0.1, 0.15) is 23.9 Å². The Bertz CT molecular complexity index is 889. The zero-order valence-electron chi connectivity index (χ0n) is 14.3. The Morgan fingerprint density at radius 2 is 2.04 bits per heavy atom. The van der Waals surface area contributed by atoms with Gasteiger partial charge in [-0.1, -0.05) is 12.1 Å². The lowest BCUT2D eigenvalue weighted by Gasteiger charge is -2.24. The van der Waals surface area contributed by atoms with Crippen molar-refractivity contribution in [3.8, 4) is 0 Å². The molecule has 0 radical (unpaired) electrons. The van der Waals surface area contributed by atoms with E-state index in [0.29, 0.717) is 12.6 Å². The molecule has 1 atom stereocenters. The Balaban J connectivity index is 1.79. The summed E-state index contributed by atoms with van der Waals surface area (Å²) in [4.78, 5) is 23.5. The molecule has 124 valence electrons. The van der Waals surface area contributed by atoms with Crippen LogP contribution in [0.5, 0.6) is 0 Å². The summed E-state index contributed by atoms with van der Waals surface area (Å²) in [6, 6.07) is 11.7. The van der Waals surface area contributed by atoms with Crippen LogP contribution in [-0.2, 0) is 13.0 Å². The summed E-state index contributed by atoms with van der Waals surface area (Å²) in [5.74, 6) is 0. The Morgan fingerprint density at radius 1 is 1.21 bits per heavy atom. The van der Waals surface area contributed by atoms with Crippen molar-refractivity contribution in [3.63, 3.8) is 0 Å². The fraction of sp³-hybridized carbons (Fsp3) is 0.316. The molecule has 5 heteroatoms. The molecule has 0 aliphatic heterocycles. The van der Waals surface area contributed by atoms with E-state index in [9.17, 15) is 4.79 Å². The second kappa shape index (κ2) is 6.93. The highest BCUT2D eigenvalue weighted by Crippen LogP contribution is 2.10. The lowest BCUT2D eigenvalue weighted by atomic mass is 10.1. The van der Waals surface area contributed by atoms with Crippen LogP contribution < -0.4 is 5.56 Å². The first kappa shape index (κ1) is 16.3. The summed E-state index contributed by atoms with van der Waals surface area (Å²) in [6.07, 6.45) is 4.44. The number of fused-ring (bicyclic) bond motifs is 1. The predicted octanol–water partition coefficient (Wildman–Crippen LogP) is 2.46. The Kier molecular flexibility index (Phi) is 4.71. The number of rotatable bonds is 5. The smallest absolute Gasteiger partial charge is 0.258 e. The largest absolute Gasteiger partial charge is 0.297 e. The monoisotopic (exact) mass is 322 g/mol. The van der Waals surface area contributed by atoms with Crippen LogP contribution in [0.3, 0.4) is 0 Å². The first-order valence-electron chi connectivity index (χ1n) is 8.12. The molecule has 3 aromatic heterocycles. The van der Waals surface area contributed by atoms with E-state index in [1.54, 1.807) is 16.7 Å². The van der Waals surface area contributed by atoms with E-state index in [-0.39, 0.29) is 5.56 Å². The van der Waals surface area contributed by atoms with Crippen LogP contribution in [-0.4, -0.2) is 32.4 Å². The first-order chi connectivity index (χ1) is 11.5. The molecule has 0 bridgehead atoms. The van der Waals surface area contributed by atoms with Crippen molar-refractivity contribution in [1.82, 2.24) is 19.3 Å². The molecule has 3 rings (SSSR count). The van der Waals surface area contributed by atoms with Crippen molar-refractivity contribution < 1.29 is 0 Å². The van der Waals surface area contributed by atoms with Crippen molar-refractivity contribution in [2.24, 2.45) is 0 Å². The zero-order chi connectivity index (χ0) is 17.1. The van der Waals surface area contributed by atoms with Crippen molar-refractivity contribution in [2.75, 3.05) is 7.05 Å². The molecule has 0 fully saturated rings. The highest BCUT2D eigenvalue weighted by molar-refractivity contribution is 5.46. The molecule has 0 spiro atoms. The van der Waals surface area contributed by atoms with Gasteiger partial charge in [0.15, 0.2) is 0 Å². The molecule has 0 aromatic carbocycles. The summed E-state index contributed by atoms with van der Waals surface area (Å²) in [7, 11) is 2.05. The van der Waals surface area contributed by atoms with Crippen LogP contribution >= 0.6 is 0 Å². The Labute approximate surface area is 141 Å². The molecule has 0 aliphatic carbocycles. The molecule has 0 unspecified atom stereocenters. The normalized spacial score (nSPS) is 12.7. The van der Waals surface area contributed by atoms with Gasteiger partial charge in [-0.2, -0.15) is 0 Å². The van der Waals surface area contributed by atoms with Crippen molar-refractivity contribution in [3.05, 3.63) is 76.1 Å². The Morgan fingerprint density at radius 3 is 2.79 bits per heavy atom. The van der Waals surface area contributed by atoms with Crippen LogP contribution in [0.2, 0.25) is 0 Å². The molecule has 0 N–H and O–H groups in total. The van der Waals surface area contributed by atoms with E-state index in [0.717, 1.165) is 29.0 Å².